The van der Waals surface area contributed by atoms with Crippen molar-refractivity contribution in [1.29, 1.82) is 0 Å². The first-order chi connectivity index (χ1) is 11.0. The number of aromatic nitrogens is 1. The summed E-state index contributed by atoms with van der Waals surface area (Å²) < 4.78 is 4.88. The number of H-pyrrole nitrogens is 1. The van der Waals surface area contributed by atoms with E-state index in [0.29, 0.717) is 11.6 Å². The van der Waals surface area contributed by atoms with Crippen molar-refractivity contribution < 1.29 is 14.3 Å². The van der Waals surface area contributed by atoms with Crippen LogP contribution in [0, 0.1) is 0 Å². The van der Waals surface area contributed by atoms with E-state index in [9.17, 15) is 14.4 Å². The molecular weight excluding hydrogens is 320 g/mol. The van der Waals surface area contributed by atoms with Gasteiger partial charge in [0, 0.05) is 24.8 Å². The van der Waals surface area contributed by atoms with Gasteiger partial charge in [0.15, 0.2) is 6.61 Å². The van der Waals surface area contributed by atoms with Crippen molar-refractivity contribution in [3.8, 4) is 0 Å². The number of carbonyl (C=O) groups is 2. The predicted octanol–water partition coefficient (Wildman–Crippen LogP) is 1.84. The third-order valence-electron chi connectivity index (χ3n) is 3.12. The number of halogens is 1. The van der Waals surface area contributed by atoms with Gasteiger partial charge in [-0.05, 0) is 29.8 Å². The first-order valence-corrected chi connectivity index (χ1v) is 7.18. The number of rotatable bonds is 5. The van der Waals surface area contributed by atoms with E-state index in [1.165, 1.54) is 23.2 Å². The van der Waals surface area contributed by atoms with Crippen LogP contribution < -0.4 is 5.56 Å². The van der Waals surface area contributed by atoms with Crippen LogP contribution in [0.1, 0.15) is 15.9 Å². The largest absolute Gasteiger partial charge is 0.452 e. The molecule has 1 heterocycles. The van der Waals surface area contributed by atoms with Gasteiger partial charge in [-0.3, -0.25) is 9.59 Å². The summed E-state index contributed by atoms with van der Waals surface area (Å²) in [6, 6.07) is 9.92. The van der Waals surface area contributed by atoms with Crippen molar-refractivity contribution in [3.63, 3.8) is 0 Å². The fraction of sp³-hybridized carbons (Fsp3) is 0.188. The van der Waals surface area contributed by atoms with Crippen LogP contribution in [0.15, 0.2) is 47.4 Å². The highest BCUT2D eigenvalue weighted by Crippen LogP contribution is 2.11. The molecule has 0 aliphatic heterocycles. The van der Waals surface area contributed by atoms with Crippen LogP contribution in [0.5, 0.6) is 0 Å². The maximum Gasteiger partial charge on any atom is 0.344 e. The van der Waals surface area contributed by atoms with Gasteiger partial charge in [0.25, 0.3) is 11.5 Å². The van der Waals surface area contributed by atoms with Crippen LogP contribution >= 0.6 is 11.6 Å². The Morgan fingerprint density at radius 3 is 2.57 bits per heavy atom. The molecule has 1 N–H and O–H groups in total. The molecule has 0 spiro atoms. The zero-order chi connectivity index (χ0) is 16.8. The number of ether oxygens (including phenoxy) is 1. The standard InChI is InChI=1S/C16H15ClN2O4/c1-19(9-11-4-6-12(17)7-5-11)14(20)10-23-16(22)13-3-2-8-18-15(13)21/h2-8H,9-10H2,1H3,(H,18,21). The van der Waals surface area contributed by atoms with Crippen LogP contribution in [0.4, 0.5) is 0 Å². The molecule has 0 atom stereocenters. The molecule has 0 aliphatic rings. The number of hydrogen-bond donors (Lipinski definition) is 1. The highest BCUT2D eigenvalue weighted by molar-refractivity contribution is 6.30. The molecule has 0 bridgehead atoms. The number of amides is 1. The number of pyridine rings is 1. The van der Waals surface area contributed by atoms with Crippen LogP contribution in [0.3, 0.4) is 0 Å². The van der Waals surface area contributed by atoms with Gasteiger partial charge in [0.2, 0.25) is 0 Å². The number of aromatic amines is 1. The zero-order valence-electron chi connectivity index (χ0n) is 12.4. The van der Waals surface area contributed by atoms with Crippen molar-refractivity contribution in [1.82, 2.24) is 9.88 Å². The van der Waals surface area contributed by atoms with E-state index in [0.717, 1.165) is 5.56 Å². The Kier molecular flexibility index (Phi) is 5.54. The Labute approximate surface area is 137 Å². The third kappa shape index (κ3) is 4.69. The Balaban J connectivity index is 1.89. The number of nitrogens with one attached hydrogen (secondary N) is 1. The van der Waals surface area contributed by atoms with E-state index in [1.54, 1.807) is 19.2 Å². The van der Waals surface area contributed by atoms with Gasteiger partial charge in [-0.1, -0.05) is 23.7 Å². The summed E-state index contributed by atoms with van der Waals surface area (Å²) in [5, 5.41) is 0.616. The number of nitrogens with zero attached hydrogens (tertiary/aromatic N) is 1. The van der Waals surface area contributed by atoms with Gasteiger partial charge >= 0.3 is 5.97 Å². The molecular formula is C16H15ClN2O4. The maximum atomic E-state index is 12.0. The lowest BCUT2D eigenvalue weighted by molar-refractivity contribution is -0.133. The Morgan fingerprint density at radius 1 is 1.22 bits per heavy atom. The summed E-state index contributed by atoms with van der Waals surface area (Å²) in [6.07, 6.45) is 1.41. The Hall–Kier alpha value is -2.60. The molecule has 7 heteroatoms. The molecule has 0 saturated carbocycles. The van der Waals surface area contributed by atoms with E-state index in [-0.39, 0.29) is 11.5 Å². The molecule has 1 amide bonds. The molecule has 1 aromatic carbocycles. The molecule has 0 saturated heterocycles. The smallest absolute Gasteiger partial charge is 0.344 e. The molecule has 2 aromatic rings. The monoisotopic (exact) mass is 334 g/mol. The van der Waals surface area contributed by atoms with Gasteiger partial charge in [0.1, 0.15) is 5.56 Å². The van der Waals surface area contributed by atoms with Crippen molar-refractivity contribution in [3.05, 3.63) is 69.1 Å². The fourth-order valence-corrected chi connectivity index (χ4v) is 1.98. The Morgan fingerprint density at radius 2 is 1.91 bits per heavy atom. The summed E-state index contributed by atoms with van der Waals surface area (Å²) in [7, 11) is 1.60. The highest BCUT2D eigenvalue weighted by atomic mass is 35.5. The molecule has 1 aromatic heterocycles. The van der Waals surface area contributed by atoms with E-state index < -0.39 is 18.1 Å². The van der Waals surface area contributed by atoms with E-state index in [1.807, 2.05) is 12.1 Å². The number of carbonyl (C=O) groups excluding carboxylic acids is 2. The minimum Gasteiger partial charge on any atom is -0.452 e. The maximum absolute atomic E-state index is 12.0. The van der Waals surface area contributed by atoms with Gasteiger partial charge in [-0.15, -0.1) is 0 Å². The lowest BCUT2D eigenvalue weighted by Crippen LogP contribution is -2.31. The molecule has 0 radical (unpaired) electrons. The average molecular weight is 335 g/mol. The van der Waals surface area contributed by atoms with Gasteiger partial charge < -0.3 is 14.6 Å². The Bertz CT molecular complexity index is 755. The first-order valence-electron chi connectivity index (χ1n) is 6.80. The fourth-order valence-electron chi connectivity index (χ4n) is 1.85. The molecule has 0 aliphatic carbocycles. The lowest BCUT2D eigenvalue weighted by Gasteiger charge is -2.17. The average Bonchev–Trinajstić information content (AvgIpc) is 2.54. The van der Waals surface area contributed by atoms with Gasteiger partial charge in [-0.25, -0.2) is 4.79 Å². The quantitative estimate of drug-likeness (QED) is 0.846. The highest BCUT2D eigenvalue weighted by Gasteiger charge is 2.15. The molecule has 120 valence electrons. The molecule has 6 nitrogen and oxygen atoms in total. The zero-order valence-corrected chi connectivity index (χ0v) is 13.2. The van der Waals surface area contributed by atoms with Crippen LogP contribution in [0.2, 0.25) is 5.02 Å². The molecule has 0 unspecified atom stereocenters. The molecule has 0 fully saturated rings. The normalized spacial score (nSPS) is 10.2. The van der Waals surface area contributed by atoms with Crippen LogP contribution in [-0.4, -0.2) is 35.4 Å². The SMILES string of the molecule is CN(Cc1ccc(Cl)cc1)C(=O)COC(=O)c1ccc[nH]c1=O. The topological polar surface area (TPSA) is 79.5 Å². The summed E-state index contributed by atoms with van der Waals surface area (Å²) >= 11 is 5.80. The van der Waals surface area contributed by atoms with Crippen molar-refractivity contribution >= 4 is 23.5 Å². The number of esters is 1. The lowest BCUT2D eigenvalue weighted by atomic mass is 10.2. The summed E-state index contributed by atoms with van der Waals surface area (Å²) in [5.74, 6) is -1.21. The van der Waals surface area contributed by atoms with Crippen molar-refractivity contribution in [2.75, 3.05) is 13.7 Å². The predicted molar refractivity (Wildman–Crippen MR) is 85.3 cm³/mol. The second-order valence-electron chi connectivity index (χ2n) is 4.87. The van der Waals surface area contributed by atoms with Crippen LogP contribution in [-0.2, 0) is 16.1 Å². The van der Waals surface area contributed by atoms with E-state index in [4.69, 9.17) is 16.3 Å². The molecule has 23 heavy (non-hydrogen) atoms. The number of hydrogen-bond acceptors (Lipinski definition) is 4. The minimum absolute atomic E-state index is 0.138. The summed E-state index contributed by atoms with van der Waals surface area (Å²) in [4.78, 5) is 39.0. The summed E-state index contributed by atoms with van der Waals surface area (Å²) in [6.45, 7) is -0.0727. The number of benzene rings is 1. The van der Waals surface area contributed by atoms with Crippen molar-refractivity contribution in [2.24, 2.45) is 0 Å². The third-order valence-corrected chi connectivity index (χ3v) is 3.38. The number of likely N-dealkylation sites (N-methyl/N-ethyl adjacent to an activating group) is 1. The van der Waals surface area contributed by atoms with E-state index in [2.05, 4.69) is 4.98 Å². The second-order valence-corrected chi connectivity index (χ2v) is 5.30. The first kappa shape index (κ1) is 16.8. The molecule has 2 rings (SSSR count). The van der Waals surface area contributed by atoms with Crippen LogP contribution in [0.25, 0.3) is 0 Å². The van der Waals surface area contributed by atoms with Gasteiger partial charge in [0.05, 0.1) is 0 Å². The van der Waals surface area contributed by atoms with E-state index >= 15 is 0 Å². The minimum atomic E-state index is -0.833. The van der Waals surface area contributed by atoms with Gasteiger partial charge in [-0.2, -0.15) is 0 Å². The van der Waals surface area contributed by atoms with Crippen molar-refractivity contribution in [2.45, 2.75) is 6.54 Å². The second kappa shape index (κ2) is 7.60. The summed E-state index contributed by atoms with van der Waals surface area (Å²) in [5.41, 5.74) is 0.205.